The molecule has 174 valence electrons. The van der Waals surface area contributed by atoms with Crippen molar-refractivity contribution in [2.75, 3.05) is 20.2 Å². The third-order valence-electron chi connectivity index (χ3n) is 5.86. The highest BCUT2D eigenvalue weighted by Gasteiger charge is 2.25. The largest absolute Gasteiger partial charge is 0.493 e. The Morgan fingerprint density at radius 3 is 2.61 bits per heavy atom. The quantitative estimate of drug-likeness (QED) is 0.563. The Bertz CT molecular complexity index is 1100. The fraction of sp³-hybridized carbons (Fsp3) is 0.375. The van der Waals surface area contributed by atoms with Crippen molar-refractivity contribution in [3.63, 3.8) is 0 Å². The highest BCUT2D eigenvalue weighted by molar-refractivity contribution is 7.08. The second-order valence-corrected chi connectivity index (χ2v) is 8.79. The molecule has 2 amide bonds. The average Bonchev–Trinajstić information content (AvgIpc) is 3.48. The van der Waals surface area contributed by atoms with Gasteiger partial charge >= 0.3 is 0 Å². The van der Waals surface area contributed by atoms with Gasteiger partial charge < -0.3 is 24.2 Å². The summed E-state index contributed by atoms with van der Waals surface area (Å²) in [6.45, 7) is 5.18. The zero-order chi connectivity index (χ0) is 23.4. The number of amides is 2. The normalized spacial score (nSPS) is 14.2. The molecule has 8 nitrogen and oxygen atoms in total. The van der Waals surface area contributed by atoms with Gasteiger partial charge in [0.15, 0.2) is 11.5 Å². The zero-order valence-electron chi connectivity index (χ0n) is 18.9. The Morgan fingerprint density at radius 1 is 1.18 bits per heavy atom. The molecule has 1 aliphatic rings. The molecule has 1 aliphatic heterocycles. The lowest BCUT2D eigenvalue weighted by Crippen LogP contribution is -2.46. The third kappa shape index (κ3) is 5.19. The van der Waals surface area contributed by atoms with E-state index in [1.807, 2.05) is 35.6 Å². The number of ether oxygens (including phenoxy) is 2. The summed E-state index contributed by atoms with van der Waals surface area (Å²) in [4.78, 5) is 27.1. The number of piperidine rings is 1. The molecule has 4 rings (SSSR count). The number of carbonyl (C=O) groups is 2. The van der Waals surface area contributed by atoms with E-state index in [0.717, 1.165) is 24.1 Å². The fourth-order valence-electron chi connectivity index (χ4n) is 3.85. The molecule has 9 heteroatoms. The molecule has 1 fully saturated rings. The number of nitrogens with zero attached hydrogens (tertiary/aromatic N) is 2. The minimum Gasteiger partial charge on any atom is -0.493 e. The van der Waals surface area contributed by atoms with Gasteiger partial charge in [-0.3, -0.25) is 9.59 Å². The number of nitrogens with one attached hydrogen (secondary N) is 1. The van der Waals surface area contributed by atoms with Crippen LogP contribution in [-0.4, -0.2) is 48.1 Å². The Kier molecular flexibility index (Phi) is 6.98. The van der Waals surface area contributed by atoms with Crippen LogP contribution in [0.1, 0.15) is 50.6 Å². The molecule has 0 atom stereocenters. The van der Waals surface area contributed by atoms with E-state index < -0.39 is 0 Å². The standard InChI is InChI=1S/C24H27N3O5S/c1-15-20(16(2)32-26-15)13-31-21-5-4-17(12-22(21)30-3)24(29)27-9-6-19(7-10-27)25-23(28)18-8-11-33-14-18/h4-5,8,11-12,14,19H,6-7,9-10,13H2,1-3H3,(H,25,28). The first-order valence-corrected chi connectivity index (χ1v) is 11.8. The topological polar surface area (TPSA) is 93.9 Å². The van der Waals surface area contributed by atoms with E-state index >= 15 is 0 Å². The van der Waals surface area contributed by atoms with Gasteiger partial charge in [-0.2, -0.15) is 11.3 Å². The summed E-state index contributed by atoms with van der Waals surface area (Å²) in [6, 6.07) is 7.08. The molecule has 0 saturated carbocycles. The van der Waals surface area contributed by atoms with Crippen molar-refractivity contribution >= 4 is 23.2 Å². The van der Waals surface area contributed by atoms with Crippen LogP contribution in [0.25, 0.3) is 0 Å². The number of aryl methyl sites for hydroxylation is 2. The zero-order valence-corrected chi connectivity index (χ0v) is 19.7. The average molecular weight is 470 g/mol. The monoisotopic (exact) mass is 469 g/mol. The van der Waals surface area contributed by atoms with Crippen molar-refractivity contribution in [1.82, 2.24) is 15.4 Å². The summed E-state index contributed by atoms with van der Waals surface area (Å²) in [7, 11) is 1.55. The number of hydrogen-bond acceptors (Lipinski definition) is 7. The maximum absolute atomic E-state index is 13.1. The molecule has 0 bridgehead atoms. The van der Waals surface area contributed by atoms with Crippen LogP contribution in [0.4, 0.5) is 0 Å². The number of methoxy groups -OCH3 is 1. The Balaban J connectivity index is 1.35. The molecular formula is C24H27N3O5S. The van der Waals surface area contributed by atoms with Crippen LogP contribution in [0.3, 0.4) is 0 Å². The van der Waals surface area contributed by atoms with Crippen LogP contribution in [0, 0.1) is 13.8 Å². The summed E-state index contributed by atoms with van der Waals surface area (Å²) in [5.74, 6) is 1.63. The molecule has 0 aliphatic carbocycles. The van der Waals surface area contributed by atoms with Crippen molar-refractivity contribution in [3.8, 4) is 11.5 Å². The summed E-state index contributed by atoms with van der Waals surface area (Å²) in [6.07, 6.45) is 1.44. The van der Waals surface area contributed by atoms with Crippen molar-refractivity contribution in [3.05, 3.63) is 63.2 Å². The van der Waals surface area contributed by atoms with Crippen LogP contribution in [-0.2, 0) is 6.61 Å². The number of carbonyl (C=O) groups excluding carboxylic acids is 2. The number of aromatic nitrogens is 1. The molecule has 0 radical (unpaired) electrons. The molecule has 33 heavy (non-hydrogen) atoms. The smallest absolute Gasteiger partial charge is 0.253 e. The Morgan fingerprint density at radius 2 is 1.97 bits per heavy atom. The SMILES string of the molecule is COc1cc(C(=O)N2CCC(NC(=O)c3ccsc3)CC2)ccc1OCc1c(C)noc1C. The second-order valence-electron chi connectivity index (χ2n) is 8.01. The highest BCUT2D eigenvalue weighted by atomic mass is 32.1. The molecule has 2 aromatic heterocycles. The first kappa shape index (κ1) is 22.8. The van der Waals surface area contributed by atoms with E-state index in [1.54, 1.807) is 25.3 Å². The Hall–Kier alpha value is -3.33. The van der Waals surface area contributed by atoms with E-state index in [1.165, 1.54) is 11.3 Å². The van der Waals surface area contributed by atoms with E-state index in [9.17, 15) is 9.59 Å². The summed E-state index contributed by atoms with van der Waals surface area (Å²) < 4.78 is 16.5. The van der Waals surface area contributed by atoms with Crippen LogP contribution in [0.5, 0.6) is 11.5 Å². The van der Waals surface area contributed by atoms with Gasteiger partial charge in [0, 0.05) is 35.6 Å². The number of rotatable bonds is 7. The highest BCUT2D eigenvalue weighted by Crippen LogP contribution is 2.30. The maximum atomic E-state index is 13.1. The molecule has 0 spiro atoms. The van der Waals surface area contributed by atoms with Gasteiger partial charge in [0.2, 0.25) is 0 Å². The van der Waals surface area contributed by atoms with E-state index in [0.29, 0.717) is 48.1 Å². The molecule has 3 heterocycles. The fourth-order valence-corrected chi connectivity index (χ4v) is 4.49. The second kappa shape index (κ2) is 10.1. The lowest BCUT2D eigenvalue weighted by atomic mass is 10.0. The predicted octanol–water partition coefficient (Wildman–Crippen LogP) is 3.98. The van der Waals surface area contributed by atoms with Crippen LogP contribution >= 0.6 is 11.3 Å². The van der Waals surface area contributed by atoms with Crippen LogP contribution in [0.15, 0.2) is 39.5 Å². The summed E-state index contributed by atoms with van der Waals surface area (Å²) >= 11 is 1.50. The van der Waals surface area contributed by atoms with E-state index in [4.69, 9.17) is 14.0 Å². The molecular weight excluding hydrogens is 442 g/mol. The minimum atomic E-state index is -0.0619. The summed E-state index contributed by atoms with van der Waals surface area (Å²) in [5, 5.41) is 10.7. The Labute approximate surface area is 196 Å². The van der Waals surface area contributed by atoms with Crippen molar-refractivity contribution in [2.24, 2.45) is 0 Å². The van der Waals surface area contributed by atoms with Gasteiger partial charge in [-0.1, -0.05) is 5.16 Å². The van der Waals surface area contributed by atoms with Gasteiger partial charge in [-0.05, 0) is 56.3 Å². The lowest BCUT2D eigenvalue weighted by molar-refractivity contribution is 0.0697. The van der Waals surface area contributed by atoms with Crippen LogP contribution in [0.2, 0.25) is 0 Å². The minimum absolute atomic E-state index is 0.0575. The number of thiophene rings is 1. The maximum Gasteiger partial charge on any atom is 0.253 e. The van der Waals surface area contributed by atoms with Crippen molar-refractivity contribution in [2.45, 2.75) is 39.3 Å². The van der Waals surface area contributed by atoms with Crippen LogP contribution < -0.4 is 14.8 Å². The van der Waals surface area contributed by atoms with Crippen molar-refractivity contribution in [1.29, 1.82) is 0 Å². The number of hydrogen-bond donors (Lipinski definition) is 1. The van der Waals surface area contributed by atoms with Gasteiger partial charge in [0.25, 0.3) is 11.8 Å². The van der Waals surface area contributed by atoms with Gasteiger partial charge in [-0.25, -0.2) is 0 Å². The molecule has 1 N–H and O–H groups in total. The van der Waals surface area contributed by atoms with E-state index in [-0.39, 0.29) is 17.9 Å². The third-order valence-corrected chi connectivity index (χ3v) is 6.55. The first-order valence-electron chi connectivity index (χ1n) is 10.8. The lowest BCUT2D eigenvalue weighted by Gasteiger charge is -2.32. The first-order chi connectivity index (χ1) is 16.0. The predicted molar refractivity (Wildman–Crippen MR) is 124 cm³/mol. The van der Waals surface area contributed by atoms with Gasteiger partial charge in [0.05, 0.1) is 18.4 Å². The molecule has 1 saturated heterocycles. The van der Waals surface area contributed by atoms with Gasteiger partial charge in [0.1, 0.15) is 12.4 Å². The molecule has 0 unspecified atom stereocenters. The summed E-state index contributed by atoms with van der Waals surface area (Å²) in [5.41, 5.74) is 2.90. The molecule has 1 aromatic carbocycles. The van der Waals surface area contributed by atoms with Crippen molar-refractivity contribution < 1.29 is 23.6 Å². The molecule has 3 aromatic rings. The van der Waals surface area contributed by atoms with Gasteiger partial charge in [-0.15, -0.1) is 0 Å². The number of benzene rings is 1. The number of likely N-dealkylation sites (tertiary alicyclic amines) is 1. The van der Waals surface area contributed by atoms with E-state index in [2.05, 4.69) is 10.5 Å².